The van der Waals surface area contributed by atoms with Crippen molar-refractivity contribution in [3.63, 3.8) is 0 Å². The fraction of sp³-hybridized carbons (Fsp3) is 0.650. The first-order valence-electron chi connectivity index (χ1n) is 9.51. The van der Waals surface area contributed by atoms with Crippen LogP contribution in [0.4, 0.5) is 0 Å². The number of carbonyl (C=O) groups excluding carboxylic acids is 2. The summed E-state index contributed by atoms with van der Waals surface area (Å²) in [6, 6.07) is 3.99. The van der Waals surface area contributed by atoms with Crippen molar-refractivity contribution < 1.29 is 14.3 Å². The van der Waals surface area contributed by atoms with Crippen molar-refractivity contribution in [1.82, 2.24) is 14.8 Å². The average molecular weight is 359 g/mol. The van der Waals surface area contributed by atoms with Gasteiger partial charge in [-0.3, -0.25) is 14.6 Å². The second-order valence-corrected chi connectivity index (χ2v) is 7.63. The number of ether oxygens (including phenoxy) is 1. The van der Waals surface area contributed by atoms with E-state index in [1.807, 2.05) is 22.1 Å². The van der Waals surface area contributed by atoms with Crippen LogP contribution >= 0.6 is 0 Å². The molecule has 0 unspecified atom stereocenters. The molecule has 0 aliphatic carbocycles. The first-order valence-corrected chi connectivity index (χ1v) is 9.51. The molecule has 6 nitrogen and oxygen atoms in total. The minimum Gasteiger partial charge on any atom is -0.372 e. The highest BCUT2D eigenvalue weighted by molar-refractivity contribution is 5.80. The number of likely N-dealkylation sites (tertiary alicyclic amines) is 2. The summed E-state index contributed by atoms with van der Waals surface area (Å²) in [5.74, 6) is 0.327. The molecule has 2 amide bonds. The van der Waals surface area contributed by atoms with Gasteiger partial charge < -0.3 is 14.5 Å². The molecule has 142 valence electrons. The van der Waals surface area contributed by atoms with E-state index in [9.17, 15) is 9.59 Å². The van der Waals surface area contributed by atoms with E-state index in [0.717, 1.165) is 57.4 Å². The van der Waals surface area contributed by atoms with E-state index < -0.39 is 0 Å². The van der Waals surface area contributed by atoms with Crippen LogP contribution < -0.4 is 0 Å². The van der Waals surface area contributed by atoms with Gasteiger partial charge in [-0.05, 0) is 49.7 Å². The van der Waals surface area contributed by atoms with Crippen LogP contribution in [0.3, 0.4) is 0 Å². The lowest BCUT2D eigenvalue weighted by Crippen LogP contribution is -2.53. The summed E-state index contributed by atoms with van der Waals surface area (Å²) in [6.45, 7) is 4.88. The average Bonchev–Trinajstić information content (AvgIpc) is 2.69. The molecule has 3 heterocycles. The molecule has 1 spiro atoms. The molecule has 26 heavy (non-hydrogen) atoms. The molecule has 0 N–H and O–H groups in total. The van der Waals surface area contributed by atoms with Gasteiger partial charge in [0.25, 0.3) is 5.91 Å². The van der Waals surface area contributed by atoms with E-state index in [-0.39, 0.29) is 23.3 Å². The second-order valence-electron chi connectivity index (χ2n) is 7.63. The number of pyridine rings is 1. The maximum Gasteiger partial charge on any atom is 0.251 e. The number of piperidine rings is 2. The lowest BCUT2D eigenvalue weighted by atomic mass is 9.72. The molecule has 3 rings (SSSR count). The normalized spacial score (nSPS) is 21.1. The molecule has 2 fully saturated rings. The SMILES string of the molecule is CO[C@@H](C)C(=O)N1CCC2(CCC(=O)N(CCc3cccnc3)C2)CC1. The van der Waals surface area contributed by atoms with Gasteiger partial charge in [0.05, 0.1) is 0 Å². The third-order valence-corrected chi connectivity index (χ3v) is 5.98. The van der Waals surface area contributed by atoms with Gasteiger partial charge in [0, 0.05) is 52.1 Å². The highest BCUT2D eigenvalue weighted by Crippen LogP contribution is 2.40. The van der Waals surface area contributed by atoms with Crippen molar-refractivity contribution in [2.24, 2.45) is 5.41 Å². The second kappa shape index (κ2) is 8.16. The Morgan fingerprint density at radius 2 is 2.12 bits per heavy atom. The Bertz CT molecular complexity index is 626. The zero-order chi connectivity index (χ0) is 18.6. The Morgan fingerprint density at radius 3 is 2.77 bits per heavy atom. The molecule has 6 heteroatoms. The number of aromatic nitrogens is 1. The number of rotatable bonds is 5. The quantitative estimate of drug-likeness (QED) is 0.805. The van der Waals surface area contributed by atoms with Gasteiger partial charge in [-0.25, -0.2) is 0 Å². The Labute approximate surface area is 155 Å². The third kappa shape index (κ3) is 4.23. The largest absolute Gasteiger partial charge is 0.372 e. The molecule has 0 radical (unpaired) electrons. The van der Waals surface area contributed by atoms with Crippen LogP contribution in [0.2, 0.25) is 0 Å². The van der Waals surface area contributed by atoms with Crippen LogP contribution in [0.15, 0.2) is 24.5 Å². The van der Waals surface area contributed by atoms with Crippen molar-refractivity contribution in [2.75, 3.05) is 33.3 Å². The van der Waals surface area contributed by atoms with Gasteiger partial charge in [0.1, 0.15) is 6.10 Å². The Hall–Kier alpha value is -1.95. The smallest absolute Gasteiger partial charge is 0.251 e. The van der Waals surface area contributed by atoms with Crippen molar-refractivity contribution in [3.8, 4) is 0 Å². The summed E-state index contributed by atoms with van der Waals surface area (Å²) in [6.07, 6.45) is 7.58. The van der Waals surface area contributed by atoms with E-state index in [1.165, 1.54) is 0 Å². The Morgan fingerprint density at radius 1 is 1.35 bits per heavy atom. The maximum absolute atomic E-state index is 12.4. The van der Waals surface area contributed by atoms with E-state index in [2.05, 4.69) is 11.1 Å². The highest BCUT2D eigenvalue weighted by atomic mass is 16.5. The van der Waals surface area contributed by atoms with Crippen molar-refractivity contribution in [2.45, 2.75) is 45.1 Å². The Balaban J connectivity index is 1.56. The van der Waals surface area contributed by atoms with Gasteiger partial charge in [-0.15, -0.1) is 0 Å². The molecule has 0 bridgehead atoms. The number of carbonyl (C=O) groups is 2. The predicted molar refractivity (Wildman–Crippen MR) is 98.5 cm³/mol. The first-order chi connectivity index (χ1) is 12.5. The highest BCUT2D eigenvalue weighted by Gasteiger charge is 2.41. The fourth-order valence-corrected chi connectivity index (χ4v) is 4.08. The first kappa shape index (κ1) is 18.8. The third-order valence-electron chi connectivity index (χ3n) is 5.98. The summed E-state index contributed by atoms with van der Waals surface area (Å²) in [5.41, 5.74) is 1.32. The van der Waals surface area contributed by atoms with Crippen LogP contribution in [-0.2, 0) is 20.7 Å². The number of hydrogen-bond acceptors (Lipinski definition) is 4. The molecular formula is C20H29N3O3. The van der Waals surface area contributed by atoms with Gasteiger partial charge in [0.2, 0.25) is 5.91 Å². The molecule has 1 aromatic heterocycles. The van der Waals surface area contributed by atoms with Crippen LogP contribution in [0.1, 0.15) is 38.2 Å². The number of amides is 2. The van der Waals surface area contributed by atoms with Gasteiger partial charge >= 0.3 is 0 Å². The van der Waals surface area contributed by atoms with Gasteiger partial charge in [-0.1, -0.05) is 6.07 Å². The zero-order valence-corrected chi connectivity index (χ0v) is 15.8. The molecule has 2 aliphatic rings. The molecule has 0 saturated carbocycles. The fourth-order valence-electron chi connectivity index (χ4n) is 4.08. The number of nitrogens with zero attached hydrogens (tertiary/aromatic N) is 3. The molecule has 2 aliphatic heterocycles. The predicted octanol–water partition coefficient (Wildman–Crippen LogP) is 1.89. The zero-order valence-electron chi connectivity index (χ0n) is 15.8. The lowest BCUT2D eigenvalue weighted by Gasteiger charge is -2.47. The summed E-state index contributed by atoms with van der Waals surface area (Å²) in [7, 11) is 1.57. The van der Waals surface area contributed by atoms with Crippen molar-refractivity contribution in [1.29, 1.82) is 0 Å². The standard InChI is InChI=1S/C20H29N3O3/c1-16(26-2)19(25)22-12-8-20(9-13-22)7-5-18(24)23(15-20)11-6-17-4-3-10-21-14-17/h3-4,10,14,16H,5-9,11-13,15H2,1-2H3/t16-/m0/s1. The maximum atomic E-state index is 12.4. The summed E-state index contributed by atoms with van der Waals surface area (Å²) < 4.78 is 5.16. The number of hydrogen-bond donors (Lipinski definition) is 0. The monoisotopic (exact) mass is 359 g/mol. The molecule has 0 aromatic carbocycles. The molecule has 2 saturated heterocycles. The number of methoxy groups -OCH3 is 1. The molecule has 1 atom stereocenters. The van der Waals surface area contributed by atoms with Gasteiger partial charge in [-0.2, -0.15) is 0 Å². The van der Waals surface area contributed by atoms with E-state index in [4.69, 9.17) is 4.74 Å². The summed E-state index contributed by atoms with van der Waals surface area (Å²) in [5, 5.41) is 0. The van der Waals surface area contributed by atoms with Crippen LogP contribution in [-0.4, -0.2) is 66.0 Å². The topological polar surface area (TPSA) is 62.7 Å². The van der Waals surface area contributed by atoms with Crippen LogP contribution in [0.5, 0.6) is 0 Å². The van der Waals surface area contributed by atoms with Crippen LogP contribution in [0, 0.1) is 5.41 Å². The summed E-state index contributed by atoms with van der Waals surface area (Å²) >= 11 is 0. The van der Waals surface area contributed by atoms with Crippen molar-refractivity contribution in [3.05, 3.63) is 30.1 Å². The Kier molecular flexibility index (Phi) is 5.91. The van der Waals surface area contributed by atoms with E-state index >= 15 is 0 Å². The van der Waals surface area contributed by atoms with E-state index in [1.54, 1.807) is 20.2 Å². The van der Waals surface area contributed by atoms with Gasteiger partial charge in [0.15, 0.2) is 0 Å². The molecular weight excluding hydrogens is 330 g/mol. The summed E-state index contributed by atoms with van der Waals surface area (Å²) in [4.78, 5) is 32.8. The lowest BCUT2D eigenvalue weighted by molar-refractivity contribution is -0.147. The van der Waals surface area contributed by atoms with Crippen LogP contribution in [0.25, 0.3) is 0 Å². The van der Waals surface area contributed by atoms with Crippen molar-refractivity contribution >= 4 is 11.8 Å². The minimum atomic E-state index is -0.382. The van der Waals surface area contributed by atoms with E-state index in [0.29, 0.717) is 6.42 Å². The minimum absolute atomic E-state index is 0.0719. The molecule has 1 aromatic rings.